The van der Waals surface area contributed by atoms with Gasteiger partial charge in [0.15, 0.2) is 0 Å². The van der Waals surface area contributed by atoms with E-state index in [4.69, 9.17) is 0 Å². The number of aliphatic hydroxyl groups is 1. The number of benzene rings is 2. The van der Waals surface area contributed by atoms with Crippen LogP contribution in [0.1, 0.15) is 55.9 Å². The maximum absolute atomic E-state index is 13.9. The van der Waals surface area contributed by atoms with Gasteiger partial charge in [-0.3, -0.25) is 4.79 Å². The number of thiazole rings is 1. The van der Waals surface area contributed by atoms with Crippen LogP contribution in [0.15, 0.2) is 70.0 Å². The number of urea groups is 1. The molecule has 0 unspecified atom stereocenters. The second-order valence-corrected chi connectivity index (χ2v) is 15.5. The summed E-state index contributed by atoms with van der Waals surface area (Å²) in [6, 6.07) is 13.0. The fraction of sp³-hybridized carbons (Fsp3) is 0.500. The summed E-state index contributed by atoms with van der Waals surface area (Å²) < 4.78 is 28.9. The van der Waals surface area contributed by atoms with Crippen LogP contribution in [0.5, 0.6) is 0 Å². The van der Waals surface area contributed by atoms with E-state index in [9.17, 15) is 28.0 Å². The molecule has 3 rings (SSSR count). The van der Waals surface area contributed by atoms with Gasteiger partial charge in [0.25, 0.3) is 0 Å². The van der Waals surface area contributed by atoms with Crippen molar-refractivity contribution in [3.63, 3.8) is 0 Å². The van der Waals surface area contributed by atoms with E-state index in [-0.39, 0.29) is 49.3 Å². The van der Waals surface area contributed by atoms with Crippen molar-refractivity contribution in [2.75, 3.05) is 20.1 Å². The Balaban J connectivity index is 1.86. The predicted octanol–water partition coefficient (Wildman–Crippen LogP) is 4.71. The van der Waals surface area contributed by atoms with E-state index in [0.717, 1.165) is 16.3 Å². The summed E-state index contributed by atoms with van der Waals surface area (Å²) >= 11 is 1.49. The highest BCUT2D eigenvalue weighted by atomic mass is 32.2. The number of nitroso groups, excluding NO2 is 1. The minimum Gasteiger partial charge on any atom is -0.390 e. The van der Waals surface area contributed by atoms with Gasteiger partial charge in [-0.25, -0.2) is 18.2 Å². The minimum absolute atomic E-state index is 0.0186. The van der Waals surface area contributed by atoms with E-state index in [1.807, 2.05) is 70.3 Å². The first-order chi connectivity index (χ1) is 22.7. The largest absolute Gasteiger partial charge is 0.390 e. The van der Waals surface area contributed by atoms with Crippen molar-refractivity contribution in [3.05, 3.63) is 86.7 Å². The zero-order valence-electron chi connectivity index (χ0n) is 28.5. The molecule has 262 valence electrons. The van der Waals surface area contributed by atoms with E-state index < -0.39 is 40.1 Å². The number of carbonyl (C=O) groups excluding carboxylic acids is 2. The van der Waals surface area contributed by atoms with Gasteiger partial charge < -0.3 is 20.6 Å². The summed E-state index contributed by atoms with van der Waals surface area (Å²) in [5, 5.41) is 23.1. The third kappa shape index (κ3) is 11.2. The van der Waals surface area contributed by atoms with E-state index in [0.29, 0.717) is 12.0 Å². The highest BCUT2D eigenvalue weighted by Gasteiger charge is 2.34. The SMILES string of the molecule is CC[C@H](C)[C@H](NC(=O)N(C)Cc1csc(C)n1)C(=O)N[C@@H](Cc1ccccc1)[C@H](O)CN(CC(C)C)S(=O)(=O)c1ccc(CN=O)cc1. The fourth-order valence-electron chi connectivity index (χ4n) is 5.17. The standard InChI is InChI=1S/C34H48N6O6S2/c1-7-24(4)32(38-34(43)39(6)20-28-22-47-25(5)36-28)33(42)37-30(17-26-11-9-8-10-12-26)31(41)21-40(19-23(2)3)48(45,46)29-15-13-27(14-16-29)18-35-44/h8-16,22-24,30-32,41H,7,17-21H2,1-6H3,(H,37,42)(H,38,43)/t24-,30-,31+,32-/m0/s1. The third-order valence-corrected chi connectivity index (χ3v) is 10.7. The van der Waals surface area contributed by atoms with Crippen molar-refractivity contribution in [2.45, 2.75) is 83.6 Å². The number of amides is 3. The molecule has 4 atom stereocenters. The van der Waals surface area contributed by atoms with Gasteiger partial charge in [0.05, 0.1) is 34.3 Å². The molecule has 3 amide bonds. The topological polar surface area (TPSA) is 161 Å². The Hall–Kier alpha value is -3.72. The van der Waals surface area contributed by atoms with Gasteiger partial charge in [0.1, 0.15) is 12.6 Å². The van der Waals surface area contributed by atoms with Crippen molar-refractivity contribution >= 4 is 33.3 Å². The van der Waals surface area contributed by atoms with Crippen molar-refractivity contribution in [1.82, 2.24) is 24.8 Å². The molecule has 0 aliphatic heterocycles. The molecule has 0 aliphatic rings. The molecule has 3 aromatic rings. The number of hydrogen-bond acceptors (Lipinski definition) is 9. The number of rotatable bonds is 18. The normalized spacial score (nSPS) is 14.3. The summed E-state index contributed by atoms with van der Waals surface area (Å²) in [6.07, 6.45) is -0.479. The molecule has 1 aromatic heterocycles. The Morgan fingerprint density at radius 3 is 2.23 bits per heavy atom. The van der Waals surface area contributed by atoms with Crippen molar-refractivity contribution in [1.29, 1.82) is 0 Å². The Bertz CT molecular complexity index is 1580. The molecule has 12 nitrogen and oxygen atoms in total. The maximum Gasteiger partial charge on any atom is 0.318 e. The summed E-state index contributed by atoms with van der Waals surface area (Å²) in [7, 11) is -2.42. The lowest BCUT2D eigenvalue weighted by Crippen LogP contribution is -2.58. The van der Waals surface area contributed by atoms with Crippen LogP contribution in [0, 0.1) is 23.7 Å². The van der Waals surface area contributed by atoms with Crippen molar-refractivity contribution in [2.24, 2.45) is 17.0 Å². The summed E-state index contributed by atoms with van der Waals surface area (Å²) in [5.41, 5.74) is 2.17. The number of nitrogens with one attached hydrogen (secondary N) is 2. The summed E-state index contributed by atoms with van der Waals surface area (Å²) in [5.74, 6) is -0.787. The van der Waals surface area contributed by atoms with Crippen molar-refractivity contribution < 1.29 is 23.1 Å². The molecule has 0 spiro atoms. The predicted molar refractivity (Wildman–Crippen MR) is 188 cm³/mol. The first-order valence-corrected chi connectivity index (χ1v) is 18.4. The van der Waals surface area contributed by atoms with Gasteiger partial charge in [-0.2, -0.15) is 9.21 Å². The Labute approximate surface area is 288 Å². The number of aryl methyl sites for hydroxylation is 1. The molecule has 0 radical (unpaired) electrons. The number of carbonyl (C=O) groups is 2. The van der Waals surface area contributed by atoms with E-state index in [1.54, 1.807) is 7.05 Å². The highest BCUT2D eigenvalue weighted by molar-refractivity contribution is 7.89. The number of nitrogens with zero attached hydrogens (tertiary/aromatic N) is 4. The molecule has 3 N–H and O–H groups in total. The van der Waals surface area contributed by atoms with Gasteiger partial charge in [-0.15, -0.1) is 11.3 Å². The molecular weight excluding hydrogens is 653 g/mol. The zero-order chi connectivity index (χ0) is 35.4. The first-order valence-electron chi connectivity index (χ1n) is 16.1. The molecule has 48 heavy (non-hydrogen) atoms. The van der Waals surface area contributed by atoms with Gasteiger partial charge in [-0.1, -0.05) is 81.8 Å². The highest BCUT2D eigenvalue weighted by Crippen LogP contribution is 2.21. The van der Waals surface area contributed by atoms with Gasteiger partial charge in [0.2, 0.25) is 15.9 Å². The number of hydrogen-bond donors (Lipinski definition) is 3. The van der Waals surface area contributed by atoms with Gasteiger partial charge in [-0.05, 0) is 48.4 Å². The van der Waals surface area contributed by atoms with Crippen LogP contribution in [0.3, 0.4) is 0 Å². The average Bonchev–Trinajstić information content (AvgIpc) is 3.46. The minimum atomic E-state index is -4.06. The lowest BCUT2D eigenvalue weighted by atomic mass is 9.96. The quantitative estimate of drug-likeness (QED) is 0.162. The third-order valence-electron chi connectivity index (χ3n) is 8.05. The molecule has 0 fully saturated rings. The Kier molecular flexibility index (Phi) is 14.6. The molecule has 0 saturated heterocycles. The zero-order valence-corrected chi connectivity index (χ0v) is 30.1. The Morgan fingerprint density at radius 2 is 1.67 bits per heavy atom. The smallest absolute Gasteiger partial charge is 0.318 e. The second-order valence-electron chi connectivity index (χ2n) is 12.5. The lowest BCUT2D eigenvalue weighted by Gasteiger charge is -2.33. The Morgan fingerprint density at radius 1 is 1.00 bits per heavy atom. The monoisotopic (exact) mass is 700 g/mol. The molecule has 0 saturated carbocycles. The first kappa shape index (κ1) is 38.7. The summed E-state index contributed by atoms with van der Waals surface area (Å²) in [6.45, 7) is 9.47. The van der Waals surface area contributed by atoms with Crippen LogP contribution >= 0.6 is 11.3 Å². The van der Waals surface area contributed by atoms with Crippen molar-refractivity contribution in [3.8, 4) is 0 Å². The van der Waals surface area contributed by atoms with Crippen LogP contribution in [-0.2, 0) is 34.3 Å². The maximum atomic E-state index is 13.9. The van der Waals surface area contributed by atoms with Crippen LogP contribution in [0.2, 0.25) is 0 Å². The second kappa shape index (κ2) is 18.2. The van der Waals surface area contributed by atoms with E-state index in [1.165, 1.54) is 44.8 Å². The fourth-order valence-corrected chi connectivity index (χ4v) is 7.39. The number of aromatic nitrogens is 1. The number of sulfonamides is 1. The van der Waals surface area contributed by atoms with Gasteiger partial charge in [0, 0.05) is 25.5 Å². The molecule has 2 aromatic carbocycles. The average molecular weight is 701 g/mol. The van der Waals surface area contributed by atoms with Crippen LogP contribution in [-0.4, -0.2) is 78.0 Å². The van der Waals surface area contributed by atoms with Crippen LogP contribution < -0.4 is 10.6 Å². The van der Waals surface area contributed by atoms with E-state index >= 15 is 0 Å². The molecule has 14 heteroatoms. The molecule has 0 bridgehead atoms. The molecule has 1 heterocycles. The molecule has 0 aliphatic carbocycles. The van der Waals surface area contributed by atoms with Crippen LogP contribution in [0.4, 0.5) is 4.79 Å². The number of aliphatic hydroxyl groups excluding tert-OH is 1. The van der Waals surface area contributed by atoms with Gasteiger partial charge >= 0.3 is 6.03 Å². The molecular formula is C34H48N6O6S2. The summed E-state index contributed by atoms with van der Waals surface area (Å²) in [4.78, 5) is 43.7. The lowest BCUT2D eigenvalue weighted by molar-refractivity contribution is -0.125. The van der Waals surface area contributed by atoms with Crippen LogP contribution in [0.25, 0.3) is 0 Å². The van der Waals surface area contributed by atoms with E-state index in [2.05, 4.69) is 20.8 Å².